The van der Waals surface area contributed by atoms with Gasteiger partial charge in [-0.15, -0.1) is 0 Å². The van der Waals surface area contributed by atoms with E-state index in [9.17, 15) is 30.7 Å². The predicted molar refractivity (Wildman–Crippen MR) is 78.0 cm³/mol. The fourth-order valence-electron chi connectivity index (χ4n) is 2.13. The summed E-state index contributed by atoms with van der Waals surface area (Å²) >= 11 is 0. The minimum Gasteiger partial charge on any atom is -0.403 e. The van der Waals surface area contributed by atoms with Crippen LogP contribution in [0.25, 0.3) is 0 Å². The molecule has 25 heavy (non-hydrogen) atoms. The number of benzene rings is 1. The SMILES string of the molecule is CB1OC(C)(C)C(C)(C)O1.Cc1c(F)c(F)c(C(F)(F)F)c(F)c1F. The summed E-state index contributed by atoms with van der Waals surface area (Å²) in [7, 11) is -0.0648. The van der Waals surface area contributed by atoms with Gasteiger partial charge in [0.2, 0.25) is 0 Å². The summed E-state index contributed by atoms with van der Waals surface area (Å²) in [5.41, 5.74) is -4.00. The summed E-state index contributed by atoms with van der Waals surface area (Å²) in [6, 6.07) is 0. The predicted octanol–water partition coefficient (Wildman–Crippen LogP) is 5.28. The number of hydrogen-bond donors (Lipinski definition) is 0. The Balaban J connectivity index is 0.000000271. The zero-order valence-corrected chi connectivity index (χ0v) is 14.5. The van der Waals surface area contributed by atoms with E-state index in [2.05, 4.69) is 27.7 Å². The van der Waals surface area contributed by atoms with Crippen molar-refractivity contribution in [1.29, 1.82) is 0 Å². The van der Waals surface area contributed by atoms with E-state index in [0.717, 1.165) is 0 Å². The van der Waals surface area contributed by atoms with Crippen molar-refractivity contribution >= 4 is 7.12 Å². The van der Waals surface area contributed by atoms with E-state index in [1.807, 2.05) is 6.82 Å². The molecule has 0 amide bonds. The first-order valence-electron chi connectivity index (χ1n) is 7.28. The van der Waals surface area contributed by atoms with Crippen LogP contribution in [-0.4, -0.2) is 18.3 Å². The van der Waals surface area contributed by atoms with Crippen molar-refractivity contribution in [2.45, 2.75) is 58.8 Å². The van der Waals surface area contributed by atoms with E-state index >= 15 is 0 Å². The van der Waals surface area contributed by atoms with Crippen molar-refractivity contribution in [1.82, 2.24) is 0 Å². The molecule has 0 unspecified atom stereocenters. The molecule has 2 rings (SSSR count). The van der Waals surface area contributed by atoms with Crippen molar-refractivity contribution in [3.05, 3.63) is 34.4 Å². The van der Waals surface area contributed by atoms with E-state index in [0.29, 0.717) is 6.92 Å². The molecule has 0 N–H and O–H groups in total. The molecule has 0 aliphatic carbocycles. The second kappa shape index (κ2) is 6.79. The lowest BCUT2D eigenvalue weighted by molar-refractivity contribution is -0.143. The number of halogens is 7. The van der Waals surface area contributed by atoms with Gasteiger partial charge in [-0.05, 0) is 41.4 Å². The molecular weight excluding hydrogens is 356 g/mol. The molecule has 1 saturated heterocycles. The Morgan fingerprint density at radius 2 is 1.08 bits per heavy atom. The first-order valence-corrected chi connectivity index (χ1v) is 7.28. The largest absolute Gasteiger partial charge is 0.454 e. The molecule has 1 aliphatic rings. The molecule has 0 saturated carbocycles. The van der Waals surface area contributed by atoms with Crippen LogP contribution in [0.4, 0.5) is 30.7 Å². The Bertz CT molecular complexity index is 611. The topological polar surface area (TPSA) is 18.5 Å². The van der Waals surface area contributed by atoms with Gasteiger partial charge in [-0.25, -0.2) is 17.6 Å². The summed E-state index contributed by atoms with van der Waals surface area (Å²) in [6.07, 6.45) is -5.48. The van der Waals surface area contributed by atoms with Crippen molar-refractivity contribution in [2.75, 3.05) is 0 Å². The van der Waals surface area contributed by atoms with Crippen LogP contribution in [0.5, 0.6) is 0 Å². The van der Waals surface area contributed by atoms with Gasteiger partial charge in [0.15, 0.2) is 23.3 Å². The number of rotatable bonds is 0. The first kappa shape index (κ1) is 21.8. The van der Waals surface area contributed by atoms with Crippen LogP contribution in [0.1, 0.15) is 38.8 Å². The summed E-state index contributed by atoms with van der Waals surface area (Å²) in [5.74, 6) is -8.94. The van der Waals surface area contributed by atoms with Crippen molar-refractivity contribution in [3.8, 4) is 0 Å². The van der Waals surface area contributed by atoms with Gasteiger partial charge < -0.3 is 9.31 Å². The van der Waals surface area contributed by atoms with E-state index in [1.54, 1.807) is 0 Å². The third-order valence-corrected chi connectivity index (χ3v) is 4.14. The number of alkyl halides is 3. The minimum atomic E-state index is -5.48. The normalized spacial score (nSPS) is 18.8. The van der Waals surface area contributed by atoms with Crippen LogP contribution in [-0.2, 0) is 15.5 Å². The molecule has 142 valence electrons. The van der Waals surface area contributed by atoms with E-state index in [-0.39, 0.29) is 18.3 Å². The van der Waals surface area contributed by atoms with Crippen LogP contribution in [0.3, 0.4) is 0 Å². The van der Waals surface area contributed by atoms with E-state index in [4.69, 9.17) is 9.31 Å². The Labute approximate surface area is 141 Å². The zero-order valence-electron chi connectivity index (χ0n) is 14.5. The molecule has 0 atom stereocenters. The fourth-order valence-corrected chi connectivity index (χ4v) is 2.13. The molecule has 0 bridgehead atoms. The number of hydrogen-bond acceptors (Lipinski definition) is 2. The molecule has 0 spiro atoms. The summed E-state index contributed by atoms with van der Waals surface area (Å²) in [4.78, 5) is 0. The van der Waals surface area contributed by atoms with Gasteiger partial charge in [-0.1, -0.05) is 0 Å². The molecule has 1 aromatic carbocycles. The van der Waals surface area contributed by atoms with Crippen LogP contribution in [0.2, 0.25) is 6.82 Å². The van der Waals surface area contributed by atoms with Crippen molar-refractivity contribution < 1.29 is 40.0 Å². The maximum Gasteiger partial charge on any atom is 0.454 e. The third-order valence-electron chi connectivity index (χ3n) is 4.14. The van der Waals surface area contributed by atoms with Crippen LogP contribution in [0, 0.1) is 30.2 Å². The molecule has 10 heteroatoms. The minimum absolute atomic E-state index is 0.0648. The van der Waals surface area contributed by atoms with Gasteiger partial charge in [0, 0.05) is 5.56 Å². The van der Waals surface area contributed by atoms with E-state index in [1.165, 1.54) is 0 Å². The lowest BCUT2D eigenvalue weighted by atomic mass is 9.90. The molecule has 1 aromatic rings. The van der Waals surface area contributed by atoms with Crippen molar-refractivity contribution in [2.24, 2.45) is 0 Å². The van der Waals surface area contributed by atoms with Crippen LogP contribution < -0.4 is 0 Å². The maximum absolute atomic E-state index is 12.7. The lowest BCUT2D eigenvalue weighted by Crippen LogP contribution is -2.41. The molecule has 1 heterocycles. The molecule has 0 aromatic heterocycles. The summed E-state index contributed by atoms with van der Waals surface area (Å²) < 4.78 is 97.8. The standard InChI is InChI=1S/C8H3F7.C7H15BO2/c1-2-4(9)6(11)3(8(13,14)15)7(12)5(2)10;1-6(2)7(3,4)10-8(5)9-6/h1H3;1-5H3. The summed E-state index contributed by atoms with van der Waals surface area (Å²) in [5, 5.41) is 0. The smallest absolute Gasteiger partial charge is 0.403 e. The average molecular weight is 374 g/mol. The quantitative estimate of drug-likeness (QED) is 0.350. The monoisotopic (exact) mass is 374 g/mol. The highest BCUT2D eigenvalue weighted by atomic mass is 19.4. The molecule has 1 fully saturated rings. The van der Waals surface area contributed by atoms with Gasteiger partial charge in [0.25, 0.3) is 0 Å². The van der Waals surface area contributed by atoms with Gasteiger partial charge >= 0.3 is 13.3 Å². The van der Waals surface area contributed by atoms with Crippen molar-refractivity contribution in [3.63, 3.8) is 0 Å². The van der Waals surface area contributed by atoms with E-state index < -0.39 is 40.6 Å². The highest BCUT2D eigenvalue weighted by Gasteiger charge is 2.48. The Kier molecular flexibility index (Phi) is 5.91. The Morgan fingerprint density at radius 3 is 1.28 bits per heavy atom. The second-order valence-corrected chi connectivity index (χ2v) is 6.58. The fraction of sp³-hybridized carbons (Fsp3) is 0.600. The van der Waals surface area contributed by atoms with Gasteiger partial charge in [-0.3, -0.25) is 0 Å². The molecule has 0 radical (unpaired) electrons. The first-order chi connectivity index (χ1) is 11.0. The van der Waals surface area contributed by atoms with Gasteiger partial charge in [0.05, 0.1) is 11.2 Å². The Morgan fingerprint density at radius 1 is 0.760 bits per heavy atom. The third kappa shape index (κ3) is 4.28. The average Bonchev–Trinajstić information content (AvgIpc) is 2.59. The zero-order chi connectivity index (χ0) is 20.0. The van der Waals surface area contributed by atoms with Gasteiger partial charge in [-0.2, -0.15) is 13.2 Å². The van der Waals surface area contributed by atoms with Crippen LogP contribution >= 0.6 is 0 Å². The maximum atomic E-state index is 12.7. The second-order valence-electron chi connectivity index (χ2n) is 6.58. The molecular formula is C15H18BF7O2. The molecule has 1 aliphatic heterocycles. The highest BCUT2D eigenvalue weighted by molar-refractivity contribution is 6.43. The van der Waals surface area contributed by atoms with Crippen LogP contribution in [0.15, 0.2) is 0 Å². The summed E-state index contributed by atoms with van der Waals surface area (Å²) in [6.45, 7) is 10.8. The molecule has 2 nitrogen and oxygen atoms in total. The van der Waals surface area contributed by atoms with Gasteiger partial charge in [0.1, 0.15) is 5.56 Å². The Hall–Kier alpha value is -1.29. The highest BCUT2D eigenvalue weighted by Crippen LogP contribution is 2.37. The lowest BCUT2D eigenvalue weighted by Gasteiger charge is -2.32.